The van der Waals surface area contributed by atoms with Crippen molar-refractivity contribution < 1.29 is 9.53 Å². The van der Waals surface area contributed by atoms with Crippen molar-refractivity contribution >= 4 is 11.6 Å². The number of para-hydroxylation sites is 1. The molecule has 0 bridgehead atoms. The van der Waals surface area contributed by atoms with Gasteiger partial charge in [0.05, 0.1) is 18.4 Å². The van der Waals surface area contributed by atoms with Gasteiger partial charge >= 0.3 is 0 Å². The molecule has 20 heavy (non-hydrogen) atoms. The van der Waals surface area contributed by atoms with Gasteiger partial charge in [-0.25, -0.2) is 0 Å². The lowest BCUT2D eigenvalue weighted by Gasteiger charge is -2.29. The highest BCUT2D eigenvalue weighted by Gasteiger charge is 2.23. The van der Waals surface area contributed by atoms with Gasteiger partial charge in [-0.15, -0.1) is 0 Å². The molecule has 1 rings (SSSR count). The molecule has 4 nitrogen and oxygen atoms in total. The van der Waals surface area contributed by atoms with E-state index in [1.165, 1.54) is 0 Å². The number of anilines is 1. The monoisotopic (exact) mass is 278 g/mol. The number of nitrogens with two attached hydrogens (primary N) is 1. The third kappa shape index (κ3) is 3.65. The van der Waals surface area contributed by atoms with Crippen molar-refractivity contribution in [3.8, 4) is 5.75 Å². The van der Waals surface area contributed by atoms with E-state index in [0.717, 1.165) is 25.8 Å². The number of benzene rings is 1. The molecule has 0 aromatic heterocycles. The number of amides is 1. The number of rotatable bonds is 7. The van der Waals surface area contributed by atoms with Crippen molar-refractivity contribution in [2.45, 2.75) is 46.1 Å². The first-order chi connectivity index (χ1) is 9.56. The lowest BCUT2D eigenvalue weighted by Crippen LogP contribution is -2.39. The quantitative estimate of drug-likeness (QED) is 0.778. The Morgan fingerprint density at radius 1 is 1.40 bits per heavy atom. The highest BCUT2D eigenvalue weighted by molar-refractivity contribution is 5.98. The summed E-state index contributed by atoms with van der Waals surface area (Å²) in [4.78, 5) is 14.7. The molecule has 0 saturated carbocycles. The van der Waals surface area contributed by atoms with Crippen LogP contribution in [0, 0.1) is 0 Å². The van der Waals surface area contributed by atoms with E-state index in [0.29, 0.717) is 17.0 Å². The van der Waals surface area contributed by atoms with Gasteiger partial charge in [0.1, 0.15) is 0 Å². The minimum absolute atomic E-state index is 0.00282. The van der Waals surface area contributed by atoms with Crippen LogP contribution < -0.4 is 10.5 Å². The van der Waals surface area contributed by atoms with Crippen LogP contribution in [0.5, 0.6) is 5.75 Å². The van der Waals surface area contributed by atoms with Crippen molar-refractivity contribution in [3.63, 3.8) is 0 Å². The third-order valence-electron chi connectivity index (χ3n) is 3.62. The summed E-state index contributed by atoms with van der Waals surface area (Å²) in [6.45, 7) is 7.06. The van der Waals surface area contributed by atoms with Crippen molar-refractivity contribution in [1.82, 2.24) is 4.90 Å². The molecule has 1 atom stereocenters. The lowest BCUT2D eigenvalue weighted by atomic mass is 10.1. The molecule has 0 aliphatic rings. The summed E-state index contributed by atoms with van der Waals surface area (Å²) in [5.41, 5.74) is 6.93. The Kier molecular flexibility index (Phi) is 6.36. The summed E-state index contributed by atoms with van der Waals surface area (Å²) in [6, 6.07) is 5.52. The lowest BCUT2D eigenvalue weighted by molar-refractivity contribution is 0.0682. The molecule has 0 saturated heterocycles. The Balaban J connectivity index is 3.08. The highest BCUT2D eigenvalue weighted by atomic mass is 16.5. The summed E-state index contributed by atoms with van der Waals surface area (Å²) < 4.78 is 5.29. The van der Waals surface area contributed by atoms with Crippen LogP contribution in [0.4, 0.5) is 5.69 Å². The molecule has 0 spiro atoms. The van der Waals surface area contributed by atoms with Gasteiger partial charge in [0.2, 0.25) is 0 Å². The van der Waals surface area contributed by atoms with E-state index >= 15 is 0 Å². The van der Waals surface area contributed by atoms with Gasteiger partial charge in [-0.1, -0.05) is 26.3 Å². The van der Waals surface area contributed by atoms with E-state index in [9.17, 15) is 4.79 Å². The second kappa shape index (κ2) is 7.78. The predicted octanol–water partition coefficient (Wildman–Crippen LogP) is 3.32. The molecule has 0 fully saturated rings. The number of carbonyl (C=O) groups excluding carboxylic acids is 1. The zero-order valence-corrected chi connectivity index (χ0v) is 13.0. The molecule has 2 N–H and O–H groups in total. The van der Waals surface area contributed by atoms with Crippen molar-refractivity contribution in [2.24, 2.45) is 0 Å². The van der Waals surface area contributed by atoms with Crippen LogP contribution in [0.1, 0.15) is 50.4 Å². The summed E-state index contributed by atoms with van der Waals surface area (Å²) in [6.07, 6.45) is 3.00. The van der Waals surface area contributed by atoms with Crippen LogP contribution in [0.15, 0.2) is 18.2 Å². The first-order valence-electron chi connectivity index (χ1n) is 7.30. The van der Waals surface area contributed by atoms with E-state index < -0.39 is 0 Å². The molecule has 0 aliphatic carbocycles. The first kappa shape index (κ1) is 16.3. The maximum atomic E-state index is 12.8. The van der Waals surface area contributed by atoms with Crippen molar-refractivity contribution in [3.05, 3.63) is 23.8 Å². The molecule has 0 radical (unpaired) electrons. The maximum Gasteiger partial charge on any atom is 0.257 e. The number of carbonyl (C=O) groups is 1. The molecule has 112 valence electrons. The smallest absolute Gasteiger partial charge is 0.257 e. The molecular weight excluding hydrogens is 252 g/mol. The van der Waals surface area contributed by atoms with Crippen LogP contribution in [-0.4, -0.2) is 30.5 Å². The average Bonchev–Trinajstić information content (AvgIpc) is 2.46. The molecule has 1 aromatic carbocycles. The summed E-state index contributed by atoms with van der Waals surface area (Å²) in [5.74, 6) is 0.472. The fraction of sp³-hybridized carbons (Fsp3) is 0.562. The van der Waals surface area contributed by atoms with Gasteiger partial charge in [0.25, 0.3) is 5.91 Å². The summed E-state index contributed by atoms with van der Waals surface area (Å²) in [5, 5.41) is 0. The third-order valence-corrected chi connectivity index (χ3v) is 3.62. The minimum atomic E-state index is -0.00282. The van der Waals surface area contributed by atoms with Gasteiger partial charge in [-0.2, -0.15) is 0 Å². The largest absolute Gasteiger partial charge is 0.494 e. The van der Waals surface area contributed by atoms with Crippen LogP contribution in [0.3, 0.4) is 0 Å². The predicted molar refractivity (Wildman–Crippen MR) is 83.1 cm³/mol. The Bertz CT molecular complexity index is 446. The van der Waals surface area contributed by atoms with Gasteiger partial charge in [0.15, 0.2) is 5.75 Å². The topological polar surface area (TPSA) is 55.6 Å². The van der Waals surface area contributed by atoms with E-state index in [4.69, 9.17) is 10.5 Å². The van der Waals surface area contributed by atoms with Crippen LogP contribution in [0.25, 0.3) is 0 Å². The molecule has 1 unspecified atom stereocenters. The van der Waals surface area contributed by atoms with Crippen LogP contribution in [0.2, 0.25) is 0 Å². The second-order valence-electron chi connectivity index (χ2n) is 5.04. The number of nitrogens with zero attached hydrogens (tertiary/aromatic N) is 1. The summed E-state index contributed by atoms with van der Waals surface area (Å²) in [7, 11) is 1.54. The number of hydrogen-bond donors (Lipinski definition) is 1. The Hall–Kier alpha value is -1.71. The van der Waals surface area contributed by atoms with Crippen molar-refractivity contribution in [2.75, 3.05) is 19.4 Å². The molecular formula is C16H26N2O2. The van der Waals surface area contributed by atoms with E-state index in [2.05, 4.69) is 20.8 Å². The average molecular weight is 278 g/mol. The fourth-order valence-corrected chi connectivity index (χ4v) is 2.18. The number of ether oxygens (including phenoxy) is 1. The van der Waals surface area contributed by atoms with Gasteiger partial charge in [-0.3, -0.25) is 4.79 Å². The Morgan fingerprint density at radius 2 is 2.10 bits per heavy atom. The van der Waals surface area contributed by atoms with Crippen LogP contribution >= 0.6 is 0 Å². The van der Waals surface area contributed by atoms with E-state index in [1.807, 2.05) is 4.90 Å². The van der Waals surface area contributed by atoms with E-state index in [1.54, 1.807) is 25.3 Å². The molecule has 0 heterocycles. The number of unbranched alkanes of at least 4 members (excludes halogenated alkanes) is 1. The second-order valence-corrected chi connectivity index (χ2v) is 5.04. The molecule has 4 heteroatoms. The number of hydrogen-bond acceptors (Lipinski definition) is 3. The van der Waals surface area contributed by atoms with Crippen LogP contribution in [-0.2, 0) is 0 Å². The minimum Gasteiger partial charge on any atom is -0.494 e. The number of methoxy groups -OCH3 is 1. The Labute approximate surface area is 121 Å². The van der Waals surface area contributed by atoms with Gasteiger partial charge in [0, 0.05) is 12.6 Å². The number of nitrogen functional groups attached to an aromatic ring is 1. The molecule has 1 aromatic rings. The van der Waals surface area contributed by atoms with E-state index in [-0.39, 0.29) is 11.9 Å². The molecule has 0 aliphatic heterocycles. The molecule has 1 amide bonds. The van der Waals surface area contributed by atoms with Gasteiger partial charge in [-0.05, 0) is 31.9 Å². The zero-order chi connectivity index (χ0) is 15.1. The SMILES string of the molecule is CCCCN(C(=O)c1cccc(N)c1OC)C(C)CC. The highest BCUT2D eigenvalue weighted by Crippen LogP contribution is 2.27. The standard InChI is InChI=1S/C16H26N2O2/c1-5-7-11-18(12(3)6-2)16(19)13-9-8-10-14(17)15(13)20-4/h8-10,12H,5-7,11,17H2,1-4H3. The Morgan fingerprint density at radius 3 is 2.65 bits per heavy atom. The maximum absolute atomic E-state index is 12.8. The van der Waals surface area contributed by atoms with Crippen molar-refractivity contribution in [1.29, 1.82) is 0 Å². The normalized spacial score (nSPS) is 12.0. The first-order valence-corrected chi connectivity index (χ1v) is 7.30. The fourth-order valence-electron chi connectivity index (χ4n) is 2.18. The summed E-state index contributed by atoms with van der Waals surface area (Å²) >= 11 is 0. The van der Waals surface area contributed by atoms with Gasteiger partial charge < -0.3 is 15.4 Å². The zero-order valence-electron chi connectivity index (χ0n) is 13.0.